The highest BCUT2D eigenvalue weighted by Gasteiger charge is 2.28. The van der Waals surface area contributed by atoms with Crippen LogP contribution in [-0.4, -0.2) is 74.4 Å². The van der Waals surface area contributed by atoms with Crippen molar-refractivity contribution in [1.29, 1.82) is 0 Å². The smallest absolute Gasteiger partial charge is 0.281 e. The third-order valence-electron chi connectivity index (χ3n) is 3.31. The number of rotatable bonds is 5. The molecule has 0 unspecified atom stereocenters. The molecule has 2 rings (SSSR count). The molecule has 0 aliphatic carbocycles. The zero-order valence-corrected chi connectivity index (χ0v) is 13.4. The molecular weight excluding hydrogens is 294 g/mol. The van der Waals surface area contributed by atoms with Crippen molar-refractivity contribution in [2.75, 3.05) is 52.3 Å². The molecule has 1 aromatic rings. The minimum atomic E-state index is -3.34. The van der Waals surface area contributed by atoms with E-state index < -0.39 is 10.2 Å². The lowest BCUT2D eigenvalue weighted by Crippen LogP contribution is -2.51. The van der Waals surface area contributed by atoms with Crippen LogP contribution in [0.25, 0.3) is 0 Å². The lowest BCUT2D eigenvalue weighted by molar-refractivity contribution is 0.178. The van der Waals surface area contributed by atoms with E-state index in [0.29, 0.717) is 38.6 Å². The molecule has 0 atom stereocenters. The predicted octanol–water partition coefficient (Wildman–Crippen LogP) is -0.449. The van der Waals surface area contributed by atoms with Gasteiger partial charge in [0.1, 0.15) is 12.4 Å². The number of nitrogens with zero attached hydrogens (tertiary/aromatic N) is 5. The molecule has 2 heterocycles. The highest BCUT2D eigenvalue weighted by molar-refractivity contribution is 7.86. The van der Waals surface area contributed by atoms with E-state index in [1.54, 1.807) is 27.4 Å². The SMILES string of the molecule is COCc1nccc(N2CCN(S(=O)(=O)N(C)C)CC2)n1. The fraction of sp³-hybridized carbons (Fsp3) is 0.667. The summed E-state index contributed by atoms with van der Waals surface area (Å²) < 4.78 is 31.9. The minimum absolute atomic E-state index is 0.364. The van der Waals surface area contributed by atoms with Crippen LogP contribution in [-0.2, 0) is 21.6 Å². The van der Waals surface area contributed by atoms with Gasteiger partial charge in [-0.2, -0.15) is 17.0 Å². The summed E-state index contributed by atoms with van der Waals surface area (Å²) in [7, 11) is 1.35. The van der Waals surface area contributed by atoms with Gasteiger partial charge >= 0.3 is 0 Å². The topological polar surface area (TPSA) is 78.9 Å². The van der Waals surface area contributed by atoms with Gasteiger partial charge in [-0.3, -0.25) is 0 Å². The Morgan fingerprint density at radius 2 is 1.95 bits per heavy atom. The van der Waals surface area contributed by atoms with Crippen LogP contribution in [0, 0.1) is 0 Å². The molecule has 9 heteroatoms. The molecule has 1 aromatic heterocycles. The van der Waals surface area contributed by atoms with Gasteiger partial charge in [-0.05, 0) is 6.07 Å². The third-order valence-corrected chi connectivity index (χ3v) is 5.26. The number of hydrogen-bond acceptors (Lipinski definition) is 6. The molecule has 1 fully saturated rings. The predicted molar refractivity (Wildman–Crippen MR) is 79.1 cm³/mol. The Bertz CT molecular complexity index is 570. The van der Waals surface area contributed by atoms with E-state index in [0.717, 1.165) is 5.82 Å². The molecule has 0 bridgehead atoms. The zero-order chi connectivity index (χ0) is 15.5. The second-order valence-corrected chi connectivity index (χ2v) is 7.08. The van der Waals surface area contributed by atoms with Crippen LogP contribution in [0.3, 0.4) is 0 Å². The standard InChI is InChI=1S/C12H21N5O3S/c1-15(2)21(18,19)17-8-6-16(7-9-17)12-4-5-13-11(14-12)10-20-3/h4-5H,6-10H2,1-3H3. The lowest BCUT2D eigenvalue weighted by atomic mass is 10.3. The van der Waals surface area contributed by atoms with Crippen molar-refractivity contribution >= 4 is 16.0 Å². The Kier molecular flexibility index (Phi) is 5.09. The van der Waals surface area contributed by atoms with Gasteiger partial charge in [-0.25, -0.2) is 9.97 Å². The molecule has 1 aliphatic heterocycles. The summed E-state index contributed by atoms with van der Waals surface area (Å²) in [5.41, 5.74) is 0. The highest BCUT2D eigenvalue weighted by atomic mass is 32.2. The maximum absolute atomic E-state index is 12.1. The molecule has 0 radical (unpaired) electrons. The summed E-state index contributed by atoms with van der Waals surface area (Å²) >= 11 is 0. The Labute approximate surface area is 125 Å². The van der Waals surface area contributed by atoms with Gasteiger partial charge in [0.05, 0.1) is 0 Å². The summed E-state index contributed by atoms with van der Waals surface area (Å²) in [5, 5.41) is 0. The molecule has 0 saturated carbocycles. The van der Waals surface area contributed by atoms with Crippen LogP contribution in [0.1, 0.15) is 5.82 Å². The molecular formula is C12H21N5O3S. The molecule has 8 nitrogen and oxygen atoms in total. The highest BCUT2D eigenvalue weighted by Crippen LogP contribution is 2.16. The molecule has 0 aromatic carbocycles. The van der Waals surface area contributed by atoms with Gasteiger partial charge in [-0.1, -0.05) is 0 Å². The first kappa shape index (κ1) is 16.1. The van der Waals surface area contributed by atoms with E-state index in [9.17, 15) is 8.42 Å². The number of methoxy groups -OCH3 is 1. The second kappa shape index (κ2) is 6.65. The number of anilines is 1. The van der Waals surface area contributed by atoms with Crippen molar-refractivity contribution in [3.05, 3.63) is 18.1 Å². The van der Waals surface area contributed by atoms with Crippen LogP contribution in [0.5, 0.6) is 0 Å². The van der Waals surface area contributed by atoms with Crippen molar-refractivity contribution < 1.29 is 13.2 Å². The lowest BCUT2D eigenvalue weighted by Gasteiger charge is -2.35. The van der Waals surface area contributed by atoms with Gasteiger partial charge in [0.25, 0.3) is 10.2 Å². The van der Waals surface area contributed by atoms with Crippen LogP contribution < -0.4 is 4.90 Å². The fourth-order valence-corrected chi connectivity index (χ4v) is 3.23. The summed E-state index contributed by atoms with van der Waals surface area (Å²) in [4.78, 5) is 10.6. The Hall–Kier alpha value is -1.29. The van der Waals surface area contributed by atoms with E-state index >= 15 is 0 Å². The first-order valence-corrected chi connectivity index (χ1v) is 8.08. The molecule has 0 amide bonds. The Morgan fingerprint density at radius 3 is 2.52 bits per heavy atom. The molecule has 1 aliphatic rings. The number of ether oxygens (including phenoxy) is 1. The van der Waals surface area contributed by atoms with Crippen molar-refractivity contribution in [2.45, 2.75) is 6.61 Å². The van der Waals surface area contributed by atoms with E-state index in [2.05, 4.69) is 14.9 Å². The van der Waals surface area contributed by atoms with E-state index in [1.165, 1.54) is 8.61 Å². The first-order valence-electron chi connectivity index (χ1n) is 6.68. The number of aromatic nitrogens is 2. The van der Waals surface area contributed by atoms with Gasteiger partial charge in [0.15, 0.2) is 5.82 Å². The average molecular weight is 315 g/mol. The maximum Gasteiger partial charge on any atom is 0.281 e. The quantitative estimate of drug-likeness (QED) is 0.732. The normalized spacial score (nSPS) is 17.4. The van der Waals surface area contributed by atoms with E-state index in [4.69, 9.17) is 4.74 Å². The molecule has 0 N–H and O–H groups in total. The first-order chi connectivity index (χ1) is 9.95. The minimum Gasteiger partial charge on any atom is -0.377 e. The van der Waals surface area contributed by atoms with Crippen LogP contribution >= 0.6 is 0 Å². The summed E-state index contributed by atoms with van der Waals surface area (Å²) in [6, 6.07) is 1.83. The van der Waals surface area contributed by atoms with E-state index in [-0.39, 0.29) is 0 Å². The van der Waals surface area contributed by atoms with Gasteiger partial charge < -0.3 is 9.64 Å². The molecule has 0 spiro atoms. The second-order valence-electron chi connectivity index (χ2n) is 4.94. The van der Waals surface area contributed by atoms with E-state index in [1.807, 2.05) is 6.07 Å². The fourth-order valence-electron chi connectivity index (χ4n) is 2.14. The third kappa shape index (κ3) is 3.67. The molecule has 118 valence electrons. The van der Waals surface area contributed by atoms with Crippen LogP contribution in [0.15, 0.2) is 12.3 Å². The van der Waals surface area contributed by atoms with Gasteiger partial charge in [0, 0.05) is 53.6 Å². The monoisotopic (exact) mass is 315 g/mol. The summed E-state index contributed by atoms with van der Waals surface area (Å²) in [6.07, 6.45) is 1.69. The van der Waals surface area contributed by atoms with Crippen molar-refractivity contribution in [1.82, 2.24) is 18.6 Å². The molecule has 1 saturated heterocycles. The van der Waals surface area contributed by atoms with Crippen molar-refractivity contribution in [2.24, 2.45) is 0 Å². The summed E-state index contributed by atoms with van der Waals surface area (Å²) in [5.74, 6) is 1.43. The average Bonchev–Trinajstić information content (AvgIpc) is 2.48. The zero-order valence-electron chi connectivity index (χ0n) is 12.6. The largest absolute Gasteiger partial charge is 0.377 e. The van der Waals surface area contributed by atoms with Crippen molar-refractivity contribution in [3.8, 4) is 0 Å². The van der Waals surface area contributed by atoms with Gasteiger partial charge in [0.2, 0.25) is 0 Å². The van der Waals surface area contributed by atoms with Crippen LogP contribution in [0.4, 0.5) is 5.82 Å². The number of hydrogen-bond donors (Lipinski definition) is 0. The summed E-state index contributed by atoms with van der Waals surface area (Å²) in [6.45, 7) is 2.48. The number of piperazine rings is 1. The Balaban J connectivity index is 2.03. The van der Waals surface area contributed by atoms with Gasteiger partial charge in [-0.15, -0.1) is 0 Å². The maximum atomic E-state index is 12.1. The Morgan fingerprint density at radius 1 is 1.29 bits per heavy atom. The van der Waals surface area contributed by atoms with Crippen LogP contribution in [0.2, 0.25) is 0 Å². The molecule has 21 heavy (non-hydrogen) atoms. The van der Waals surface area contributed by atoms with Crippen molar-refractivity contribution in [3.63, 3.8) is 0 Å².